The van der Waals surface area contributed by atoms with Crippen molar-refractivity contribution in [2.45, 2.75) is 13.0 Å². The van der Waals surface area contributed by atoms with E-state index in [0.29, 0.717) is 11.8 Å². The lowest BCUT2D eigenvalue weighted by atomic mass is 10.1. The Balaban J connectivity index is 1.80. The highest BCUT2D eigenvalue weighted by Crippen LogP contribution is 2.21. The van der Waals surface area contributed by atoms with Crippen molar-refractivity contribution in [3.05, 3.63) is 47.7 Å². The third kappa shape index (κ3) is 4.43. The summed E-state index contributed by atoms with van der Waals surface area (Å²) in [4.78, 5) is 11.3. The molecule has 1 aliphatic rings. The number of nitrogens with one attached hydrogen (secondary N) is 1. The number of methoxy groups -OCH3 is 1. The molecule has 1 saturated heterocycles. The van der Waals surface area contributed by atoms with Crippen LogP contribution < -0.4 is 10.1 Å². The number of hydrogen-bond donors (Lipinski definition) is 1. The van der Waals surface area contributed by atoms with Crippen LogP contribution in [-0.4, -0.2) is 54.8 Å². The van der Waals surface area contributed by atoms with E-state index in [4.69, 9.17) is 9.47 Å². The van der Waals surface area contributed by atoms with Crippen LogP contribution >= 0.6 is 0 Å². The van der Waals surface area contributed by atoms with E-state index in [1.165, 1.54) is 5.56 Å². The fraction of sp³-hybridized carbons (Fsp3) is 0.444. The Bertz CT molecular complexity index is 645. The predicted molar refractivity (Wildman–Crippen MR) is 93.4 cm³/mol. The Morgan fingerprint density at radius 2 is 1.96 bits per heavy atom. The van der Waals surface area contributed by atoms with Crippen molar-refractivity contribution < 1.29 is 9.47 Å². The van der Waals surface area contributed by atoms with Gasteiger partial charge in [-0.25, -0.2) is 4.98 Å². The molecular formula is C18H24N4O2. The lowest BCUT2D eigenvalue weighted by Gasteiger charge is -2.31. The highest BCUT2D eigenvalue weighted by atomic mass is 16.5. The van der Waals surface area contributed by atoms with Crippen molar-refractivity contribution in [2.75, 3.05) is 45.3 Å². The molecule has 1 N–H and O–H groups in total. The number of nitrogens with zero attached hydrogens (tertiary/aromatic N) is 3. The molecule has 0 spiro atoms. The maximum absolute atomic E-state index is 5.45. The van der Waals surface area contributed by atoms with Crippen LogP contribution in [0.15, 0.2) is 36.4 Å². The summed E-state index contributed by atoms with van der Waals surface area (Å²) in [5.74, 6) is 1.16. The molecule has 2 aromatic rings. The Morgan fingerprint density at radius 1 is 1.21 bits per heavy atom. The lowest BCUT2D eigenvalue weighted by Crippen LogP contribution is -2.40. The van der Waals surface area contributed by atoms with E-state index in [1.807, 2.05) is 19.1 Å². The summed E-state index contributed by atoms with van der Waals surface area (Å²) in [7, 11) is 1.62. The van der Waals surface area contributed by atoms with Crippen LogP contribution in [0.4, 0.5) is 5.95 Å². The molecule has 1 aromatic heterocycles. The molecule has 0 amide bonds. The smallest absolute Gasteiger partial charge is 0.226 e. The van der Waals surface area contributed by atoms with Crippen LogP contribution in [0.2, 0.25) is 0 Å². The van der Waals surface area contributed by atoms with Gasteiger partial charge in [0.15, 0.2) is 0 Å². The molecule has 1 aliphatic heterocycles. The molecule has 6 heteroatoms. The van der Waals surface area contributed by atoms with Gasteiger partial charge in [0.1, 0.15) is 0 Å². The molecule has 24 heavy (non-hydrogen) atoms. The first-order valence-electron chi connectivity index (χ1n) is 8.26. The second-order valence-electron chi connectivity index (χ2n) is 5.90. The number of aromatic nitrogens is 2. The second kappa shape index (κ2) is 8.08. The number of aryl methyl sites for hydroxylation is 1. The van der Waals surface area contributed by atoms with E-state index < -0.39 is 0 Å². The van der Waals surface area contributed by atoms with E-state index in [-0.39, 0.29) is 6.04 Å². The first kappa shape index (κ1) is 16.7. The average Bonchev–Trinajstić information content (AvgIpc) is 2.62. The highest BCUT2D eigenvalue weighted by Gasteiger charge is 2.19. The van der Waals surface area contributed by atoms with Gasteiger partial charge in [0.2, 0.25) is 11.8 Å². The molecule has 6 nitrogen and oxygen atoms in total. The second-order valence-corrected chi connectivity index (χ2v) is 5.90. The van der Waals surface area contributed by atoms with Crippen molar-refractivity contribution in [3.63, 3.8) is 0 Å². The summed E-state index contributed by atoms with van der Waals surface area (Å²) in [6.07, 6.45) is 0. The molecule has 0 bridgehead atoms. The van der Waals surface area contributed by atoms with Crippen molar-refractivity contribution in [1.82, 2.24) is 14.9 Å². The number of hydrogen-bond acceptors (Lipinski definition) is 6. The molecule has 1 fully saturated rings. The first-order chi connectivity index (χ1) is 11.7. The Labute approximate surface area is 142 Å². The minimum atomic E-state index is 0.107. The fourth-order valence-electron chi connectivity index (χ4n) is 2.83. The predicted octanol–water partition coefficient (Wildman–Crippen LogP) is 2.28. The standard InChI is InChI=1S/C18H24N4O2/c1-14-12-17(23-2)21-18(19-14)20-16(15-6-4-3-5-7-15)13-22-8-10-24-11-9-22/h3-7,12,16H,8-11,13H2,1-2H3,(H,19,20,21). The number of rotatable bonds is 6. The van der Waals surface area contributed by atoms with Crippen LogP contribution in [0.1, 0.15) is 17.3 Å². The van der Waals surface area contributed by atoms with Crippen LogP contribution in [-0.2, 0) is 4.74 Å². The molecular weight excluding hydrogens is 304 g/mol. The third-order valence-corrected chi connectivity index (χ3v) is 4.09. The van der Waals surface area contributed by atoms with Gasteiger partial charge in [0.05, 0.1) is 26.4 Å². The summed E-state index contributed by atoms with van der Waals surface area (Å²) in [5, 5.41) is 3.47. The normalized spacial score (nSPS) is 16.6. The minimum Gasteiger partial charge on any atom is -0.481 e. The van der Waals surface area contributed by atoms with E-state index in [1.54, 1.807) is 7.11 Å². The van der Waals surface area contributed by atoms with Gasteiger partial charge in [-0.3, -0.25) is 4.90 Å². The van der Waals surface area contributed by atoms with Crippen molar-refractivity contribution in [1.29, 1.82) is 0 Å². The molecule has 0 saturated carbocycles. The monoisotopic (exact) mass is 328 g/mol. The van der Waals surface area contributed by atoms with Crippen molar-refractivity contribution in [3.8, 4) is 5.88 Å². The SMILES string of the molecule is COc1cc(C)nc(NC(CN2CCOCC2)c2ccccc2)n1. The van der Waals surface area contributed by atoms with E-state index in [2.05, 4.69) is 44.5 Å². The summed E-state index contributed by atoms with van der Waals surface area (Å²) in [5.41, 5.74) is 2.09. The third-order valence-electron chi connectivity index (χ3n) is 4.09. The van der Waals surface area contributed by atoms with Gasteiger partial charge >= 0.3 is 0 Å². The summed E-state index contributed by atoms with van der Waals surface area (Å²) < 4.78 is 10.7. The van der Waals surface area contributed by atoms with E-state index >= 15 is 0 Å². The van der Waals surface area contributed by atoms with Gasteiger partial charge in [-0.05, 0) is 12.5 Å². The zero-order chi connectivity index (χ0) is 16.8. The maximum atomic E-state index is 5.45. The van der Waals surface area contributed by atoms with E-state index in [0.717, 1.165) is 38.5 Å². The summed E-state index contributed by atoms with van der Waals surface area (Å²) in [6.45, 7) is 6.29. The van der Waals surface area contributed by atoms with Crippen LogP contribution in [0, 0.1) is 6.92 Å². The molecule has 1 atom stereocenters. The maximum Gasteiger partial charge on any atom is 0.226 e. The number of morpholine rings is 1. The van der Waals surface area contributed by atoms with Crippen molar-refractivity contribution >= 4 is 5.95 Å². The summed E-state index contributed by atoms with van der Waals surface area (Å²) >= 11 is 0. The molecule has 2 heterocycles. The molecule has 0 aliphatic carbocycles. The van der Waals surface area contributed by atoms with Gasteiger partial charge in [0.25, 0.3) is 0 Å². The molecule has 1 aromatic carbocycles. The highest BCUT2D eigenvalue weighted by molar-refractivity contribution is 5.35. The van der Waals surface area contributed by atoms with Crippen LogP contribution in [0.25, 0.3) is 0 Å². The van der Waals surface area contributed by atoms with Gasteiger partial charge < -0.3 is 14.8 Å². The average molecular weight is 328 g/mol. The Hall–Kier alpha value is -2.18. The van der Waals surface area contributed by atoms with Crippen molar-refractivity contribution in [2.24, 2.45) is 0 Å². The number of anilines is 1. The zero-order valence-corrected chi connectivity index (χ0v) is 14.2. The Morgan fingerprint density at radius 3 is 2.67 bits per heavy atom. The molecule has 3 rings (SSSR count). The fourth-order valence-corrected chi connectivity index (χ4v) is 2.83. The zero-order valence-electron chi connectivity index (χ0n) is 14.2. The first-order valence-corrected chi connectivity index (χ1v) is 8.26. The van der Waals surface area contributed by atoms with Crippen LogP contribution in [0.5, 0.6) is 5.88 Å². The van der Waals surface area contributed by atoms with Gasteiger partial charge in [-0.2, -0.15) is 4.98 Å². The molecule has 0 radical (unpaired) electrons. The van der Waals surface area contributed by atoms with Gasteiger partial charge in [-0.1, -0.05) is 30.3 Å². The lowest BCUT2D eigenvalue weighted by molar-refractivity contribution is 0.0360. The molecule has 128 valence electrons. The summed E-state index contributed by atoms with van der Waals surface area (Å²) in [6, 6.07) is 12.3. The quantitative estimate of drug-likeness (QED) is 0.878. The van der Waals surface area contributed by atoms with Crippen LogP contribution in [0.3, 0.4) is 0 Å². The van der Waals surface area contributed by atoms with Gasteiger partial charge in [-0.15, -0.1) is 0 Å². The Kier molecular flexibility index (Phi) is 5.61. The number of benzene rings is 1. The van der Waals surface area contributed by atoms with E-state index in [9.17, 15) is 0 Å². The topological polar surface area (TPSA) is 59.5 Å². The molecule has 1 unspecified atom stereocenters. The minimum absolute atomic E-state index is 0.107. The van der Waals surface area contributed by atoms with Gasteiger partial charge in [0, 0.05) is 31.4 Å². The largest absolute Gasteiger partial charge is 0.481 e. The number of ether oxygens (including phenoxy) is 2.